The van der Waals surface area contributed by atoms with Gasteiger partial charge in [-0.3, -0.25) is 9.48 Å². The van der Waals surface area contributed by atoms with Crippen LogP contribution in [0.2, 0.25) is 0 Å². The first-order valence-electron chi connectivity index (χ1n) is 7.44. The van der Waals surface area contributed by atoms with Crippen molar-refractivity contribution in [3.05, 3.63) is 30.2 Å². The molecule has 2 aromatic heterocycles. The van der Waals surface area contributed by atoms with E-state index in [2.05, 4.69) is 15.2 Å². The second-order valence-electron chi connectivity index (χ2n) is 5.60. The Morgan fingerprint density at radius 2 is 2.38 bits per heavy atom. The highest BCUT2D eigenvalue weighted by Gasteiger charge is 2.49. The third-order valence-electron chi connectivity index (χ3n) is 3.75. The van der Waals surface area contributed by atoms with E-state index < -0.39 is 30.8 Å². The van der Waals surface area contributed by atoms with Crippen LogP contribution in [0, 0.1) is 0 Å². The van der Waals surface area contributed by atoms with Crippen LogP contribution in [-0.2, 0) is 22.7 Å². The zero-order valence-corrected chi connectivity index (χ0v) is 13.1. The fraction of sp³-hybridized carbons (Fsp3) is 0.571. The van der Waals surface area contributed by atoms with Crippen LogP contribution in [0.1, 0.15) is 30.6 Å². The predicted molar refractivity (Wildman–Crippen MR) is 75.9 cm³/mol. The van der Waals surface area contributed by atoms with Crippen LogP contribution in [-0.4, -0.2) is 50.3 Å². The molecule has 0 unspecified atom stereocenters. The van der Waals surface area contributed by atoms with Crippen molar-refractivity contribution in [3.8, 4) is 0 Å². The summed E-state index contributed by atoms with van der Waals surface area (Å²) in [5.74, 6) is -3.13. The average molecular weight is 341 g/mol. The number of aryl methyl sites for hydroxylation is 1. The van der Waals surface area contributed by atoms with Gasteiger partial charge in [-0.15, -0.1) is 0 Å². The molecule has 0 aromatic carbocycles. The number of methoxy groups -OCH3 is 1. The Hall–Kier alpha value is -2.36. The molecule has 0 N–H and O–H groups in total. The lowest BCUT2D eigenvalue weighted by molar-refractivity contribution is -0.134. The number of hydrogen-bond donors (Lipinski definition) is 0. The average Bonchev–Trinajstić information content (AvgIpc) is 3.24. The van der Waals surface area contributed by atoms with Gasteiger partial charge in [-0.2, -0.15) is 10.1 Å². The van der Waals surface area contributed by atoms with Crippen molar-refractivity contribution in [1.29, 1.82) is 0 Å². The topological polar surface area (TPSA) is 86.3 Å². The van der Waals surface area contributed by atoms with E-state index in [1.165, 1.54) is 7.11 Å². The number of aromatic nitrogens is 4. The van der Waals surface area contributed by atoms with E-state index in [1.54, 1.807) is 23.1 Å². The zero-order valence-electron chi connectivity index (χ0n) is 13.1. The minimum absolute atomic E-state index is 0.00617. The van der Waals surface area contributed by atoms with E-state index in [0.29, 0.717) is 6.54 Å². The van der Waals surface area contributed by atoms with Gasteiger partial charge < -0.3 is 14.2 Å². The van der Waals surface area contributed by atoms with Gasteiger partial charge in [0.1, 0.15) is 12.6 Å². The summed E-state index contributed by atoms with van der Waals surface area (Å²) in [6.07, 6.45) is 2.83. The summed E-state index contributed by atoms with van der Waals surface area (Å²) in [6, 6.07) is 0.802. The van der Waals surface area contributed by atoms with E-state index in [1.807, 2.05) is 0 Å². The Labute approximate surface area is 136 Å². The van der Waals surface area contributed by atoms with Gasteiger partial charge >= 0.3 is 0 Å². The summed E-state index contributed by atoms with van der Waals surface area (Å²) >= 11 is 0. The molecular formula is C14H17F2N5O3. The molecule has 0 bridgehead atoms. The zero-order chi connectivity index (χ0) is 17.2. The van der Waals surface area contributed by atoms with Crippen molar-refractivity contribution < 1.29 is 22.8 Å². The standard InChI is InChI=1S/C14H17F2N5O3/c1-23-8-11-18-13(24-19-11)10-7-14(15,16)9-21(10)12(22)3-6-20-5-2-4-17-20/h2,4-5,10H,3,6-9H2,1H3/t10-/m0/s1. The number of carbonyl (C=O) groups is 1. The summed E-state index contributed by atoms with van der Waals surface area (Å²) in [5, 5.41) is 7.66. The third kappa shape index (κ3) is 3.58. The first kappa shape index (κ1) is 16.5. The monoisotopic (exact) mass is 341 g/mol. The molecule has 24 heavy (non-hydrogen) atoms. The van der Waals surface area contributed by atoms with E-state index in [0.717, 1.165) is 4.90 Å². The molecule has 1 fully saturated rings. The molecule has 1 amide bonds. The second kappa shape index (κ2) is 6.63. The molecule has 1 atom stereocenters. The van der Waals surface area contributed by atoms with Gasteiger partial charge in [-0.1, -0.05) is 5.16 Å². The van der Waals surface area contributed by atoms with Crippen molar-refractivity contribution in [2.24, 2.45) is 0 Å². The van der Waals surface area contributed by atoms with Crippen LogP contribution in [0.15, 0.2) is 23.0 Å². The highest BCUT2D eigenvalue weighted by Crippen LogP contribution is 2.40. The van der Waals surface area contributed by atoms with Crippen LogP contribution >= 0.6 is 0 Å². The molecule has 1 aliphatic heterocycles. The summed E-state index contributed by atoms with van der Waals surface area (Å²) in [4.78, 5) is 17.5. The number of rotatable bonds is 6. The molecule has 0 saturated carbocycles. The molecule has 3 rings (SSSR count). The number of amides is 1. The highest BCUT2D eigenvalue weighted by atomic mass is 19.3. The molecule has 1 aliphatic rings. The first-order chi connectivity index (χ1) is 11.5. The van der Waals surface area contributed by atoms with Crippen LogP contribution in [0.4, 0.5) is 8.78 Å². The lowest BCUT2D eigenvalue weighted by Gasteiger charge is -2.21. The summed E-state index contributed by atoms with van der Waals surface area (Å²) in [5.41, 5.74) is 0. The van der Waals surface area contributed by atoms with Gasteiger partial charge in [-0.25, -0.2) is 8.78 Å². The number of alkyl halides is 2. The maximum atomic E-state index is 13.8. The lowest BCUT2D eigenvalue weighted by Crippen LogP contribution is -2.33. The van der Waals surface area contributed by atoms with Crippen molar-refractivity contribution in [2.45, 2.75) is 38.0 Å². The largest absolute Gasteiger partial charge is 0.377 e. The van der Waals surface area contributed by atoms with E-state index in [9.17, 15) is 13.6 Å². The van der Waals surface area contributed by atoms with Crippen molar-refractivity contribution >= 4 is 5.91 Å². The van der Waals surface area contributed by atoms with Gasteiger partial charge in [-0.05, 0) is 6.07 Å². The smallest absolute Gasteiger partial charge is 0.267 e. The van der Waals surface area contributed by atoms with Gasteiger partial charge in [0, 0.05) is 38.9 Å². The lowest BCUT2D eigenvalue weighted by atomic mass is 10.2. The van der Waals surface area contributed by atoms with Gasteiger partial charge in [0.15, 0.2) is 5.82 Å². The van der Waals surface area contributed by atoms with E-state index in [4.69, 9.17) is 9.26 Å². The maximum absolute atomic E-state index is 13.8. The fourth-order valence-electron chi connectivity index (χ4n) is 2.68. The Bertz CT molecular complexity index is 688. The normalized spacial score (nSPS) is 19.8. The Balaban J connectivity index is 1.71. The third-order valence-corrected chi connectivity index (χ3v) is 3.75. The van der Waals surface area contributed by atoms with Crippen molar-refractivity contribution in [2.75, 3.05) is 13.7 Å². The Morgan fingerprint density at radius 3 is 3.08 bits per heavy atom. The number of carbonyl (C=O) groups excluding carboxylic acids is 1. The molecule has 3 heterocycles. The molecule has 8 nitrogen and oxygen atoms in total. The SMILES string of the molecule is COCc1noc([C@@H]2CC(F)(F)CN2C(=O)CCn2cccn2)n1. The number of ether oxygens (including phenoxy) is 1. The predicted octanol–water partition coefficient (Wildman–Crippen LogP) is 1.41. The van der Waals surface area contributed by atoms with Gasteiger partial charge in [0.2, 0.25) is 11.8 Å². The first-order valence-corrected chi connectivity index (χ1v) is 7.44. The van der Waals surface area contributed by atoms with Crippen molar-refractivity contribution in [1.82, 2.24) is 24.8 Å². The Morgan fingerprint density at radius 1 is 1.54 bits per heavy atom. The van der Waals surface area contributed by atoms with E-state index in [-0.39, 0.29) is 24.7 Å². The fourth-order valence-corrected chi connectivity index (χ4v) is 2.68. The summed E-state index contributed by atoms with van der Waals surface area (Å²) < 4.78 is 39.2. The molecule has 1 saturated heterocycles. The van der Waals surface area contributed by atoms with Crippen LogP contribution in [0.5, 0.6) is 0 Å². The summed E-state index contributed by atoms with van der Waals surface area (Å²) in [7, 11) is 1.46. The molecule has 0 aliphatic carbocycles. The number of hydrogen-bond acceptors (Lipinski definition) is 6. The molecule has 0 radical (unpaired) electrons. The van der Waals surface area contributed by atoms with Crippen molar-refractivity contribution in [3.63, 3.8) is 0 Å². The minimum Gasteiger partial charge on any atom is -0.377 e. The molecule has 0 spiro atoms. The van der Waals surface area contributed by atoms with Crippen LogP contribution in [0.25, 0.3) is 0 Å². The van der Waals surface area contributed by atoms with Crippen LogP contribution in [0.3, 0.4) is 0 Å². The van der Waals surface area contributed by atoms with Gasteiger partial charge in [0.25, 0.3) is 5.92 Å². The molecule has 10 heteroatoms. The Kier molecular flexibility index (Phi) is 4.56. The maximum Gasteiger partial charge on any atom is 0.267 e. The van der Waals surface area contributed by atoms with E-state index >= 15 is 0 Å². The molecular weight excluding hydrogens is 324 g/mol. The van der Waals surface area contributed by atoms with Gasteiger partial charge in [0.05, 0.1) is 6.54 Å². The number of likely N-dealkylation sites (tertiary alicyclic amines) is 1. The second-order valence-corrected chi connectivity index (χ2v) is 5.60. The van der Waals surface area contributed by atoms with Crippen LogP contribution < -0.4 is 0 Å². The minimum atomic E-state index is -2.98. The number of halogens is 2. The quantitative estimate of drug-likeness (QED) is 0.790. The number of nitrogens with zero attached hydrogens (tertiary/aromatic N) is 5. The summed E-state index contributed by atoms with van der Waals surface area (Å²) in [6.45, 7) is -0.225. The molecule has 130 valence electrons. The highest BCUT2D eigenvalue weighted by molar-refractivity contribution is 5.77. The molecule has 2 aromatic rings.